The van der Waals surface area contributed by atoms with Gasteiger partial charge in [0.05, 0.1) is 36.8 Å². The number of rotatable bonds is 4. The molecule has 4 fully saturated rings. The van der Waals surface area contributed by atoms with Gasteiger partial charge in [-0.05, 0) is 13.3 Å². The van der Waals surface area contributed by atoms with Gasteiger partial charge in [0.25, 0.3) is 0 Å². The van der Waals surface area contributed by atoms with Gasteiger partial charge in [0.15, 0.2) is 5.79 Å². The third-order valence-electron chi connectivity index (χ3n) is 7.75. The Morgan fingerprint density at radius 2 is 1.97 bits per heavy atom. The number of ether oxygens (including phenoxy) is 4. The van der Waals surface area contributed by atoms with Gasteiger partial charge >= 0.3 is 11.9 Å². The van der Waals surface area contributed by atoms with Crippen molar-refractivity contribution in [2.75, 3.05) is 32.8 Å². The number of fused-ring (bicyclic) bond motifs is 3. The average Bonchev–Trinajstić information content (AvgIpc) is 3.15. The molecular weight excluding hydrogens is 418 g/mol. The quantitative estimate of drug-likeness (QED) is 0.591. The Bertz CT molecular complexity index is 725. The molecule has 8 atom stereocenters. The maximum absolute atomic E-state index is 13.0. The van der Waals surface area contributed by atoms with E-state index in [1.165, 1.54) is 0 Å². The van der Waals surface area contributed by atoms with E-state index in [2.05, 4.69) is 4.90 Å². The highest BCUT2D eigenvalue weighted by molar-refractivity contribution is 5.76. The number of carbonyl (C=O) groups is 2. The van der Waals surface area contributed by atoms with Crippen molar-refractivity contribution in [1.29, 1.82) is 0 Å². The summed E-state index contributed by atoms with van der Waals surface area (Å²) in [5.74, 6) is -3.75. The molecule has 32 heavy (non-hydrogen) atoms. The molecule has 4 aliphatic heterocycles. The summed E-state index contributed by atoms with van der Waals surface area (Å²) < 4.78 is 23.3. The van der Waals surface area contributed by atoms with Crippen LogP contribution in [0.5, 0.6) is 0 Å². The molecule has 0 spiro atoms. The molecule has 0 amide bonds. The number of esters is 2. The standard InChI is InChI=1S/C23H37NO8/c1-13(2)20(26)31-17-10-22(4)18(25)11-23(28,32-22)14(3)9-16-19(17)15(21(27)30-16)12-24-5-7-29-8-6-24/h13-19,25,28H,5-12H2,1-4H3/t14-,15?,16+,17+,18-,19-,22+,23+/m0/s1. The summed E-state index contributed by atoms with van der Waals surface area (Å²) in [7, 11) is 0. The predicted octanol–water partition coefficient (Wildman–Crippen LogP) is 0.703. The van der Waals surface area contributed by atoms with Crippen LogP contribution in [-0.4, -0.2) is 89.6 Å². The van der Waals surface area contributed by atoms with Crippen LogP contribution >= 0.6 is 0 Å². The highest BCUT2D eigenvalue weighted by atomic mass is 16.7. The molecule has 1 unspecified atom stereocenters. The minimum atomic E-state index is -1.52. The van der Waals surface area contributed by atoms with Gasteiger partial charge in [-0.1, -0.05) is 20.8 Å². The van der Waals surface area contributed by atoms with Crippen molar-refractivity contribution in [2.24, 2.45) is 23.7 Å². The first-order valence-corrected chi connectivity index (χ1v) is 11.8. The SMILES string of the molecule is CC(C)C(=O)O[C@@H]1C[C@@]2(C)O[C@](O)(C[C@@H]2O)[C@@H](C)C[C@H]2OC(=O)C(CN3CCOCC3)[C@H]12. The van der Waals surface area contributed by atoms with Crippen LogP contribution in [0.1, 0.15) is 47.0 Å². The van der Waals surface area contributed by atoms with Crippen molar-refractivity contribution in [1.82, 2.24) is 4.90 Å². The maximum Gasteiger partial charge on any atom is 0.311 e. The van der Waals surface area contributed by atoms with Crippen LogP contribution in [0.2, 0.25) is 0 Å². The fourth-order valence-electron chi connectivity index (χ4n) is 5.65. The minimum absolute atomic E-state index is 0.0675. The van der Waals surface area contributed by atoms with Crippen molar-refractivity contribution >= 4 is 11.9 Å². The summed E-state index contributed by atoms with van der Waals surface area (Å²) in [5, 5.41) is 22.0. The number of aliphatic hydroxyl groups excluding tert-OH is 1. The Balaban J connectivity index is 1.68. The average molecular weight is 456 g/mol. The zero-order valence-corrected chi connectivity index (χ0v) is 19.5. The Kier molecular flexibility index (Phi) is 6.59. The molecule has 9 heteroatoms. The molecule has 0 radical (unpaired) electrons. The zero-order valence-electron chi connectivity index (χ0n) is 19.5. The molecule has 0 aliphatic carbocycles. The van der Waals surface area contributed by atoms with E-state index in [-0.39, 0.29) is 42.5 Å². The van der Waals surface area contributed by atoms with E-state index in [4.69, 9.17) is 18.9 Å². The topological polar surface area (TPSA) is 115 Å². The van der Waals surface area contributed by atoms with E-state index in [9.17, 15) is 19.8 Å². The molecule has 4 heterocycles. The van der Waals surface area contributed by atoms with Gasteiger partial charge < -0.3 is 29.2 Å². The van der Waals surface area contributed by atoms with E-state index >= 15 is 0 Å². The molecule has 0 aromatic rings. The molecule has 0 saturated carbocycles. The molecular formula is C23H37NO8. The van der Waals surface area contributed by atoms with E-state index in [0.29, 0.717) is 26.2 Å². The molecule has 4 aliphatic rings. The second-order valence-electron chi connectivity index (χ2n) is 10.5. The number of morpholine rings is 1. The Labute approximate surface area is 189 Å². The van der Waals surface area contributed by atoms with E-state index < -0.39 is 35.6 Å². The highest BCUT2D eigenvalue weighted by Crippen LogP contribution is 2.50. The summed E-state index contributed by atoms with van der Waals surface area (Å²) in [4.78, 5) is 27.9. The Morgan fingerprint density at radius 3 is 2.62 bits per heavy atom. The van der Waals surface area contributed by atoms with Crippen molar-refractivity contribution in [3.8, 4) is 0 Å². The van der Waals surface area contributed by atoms with E-state index in [0.717, 1.165) is 13.1 Å². The lowest BCUT2D eigenvalue weighted by Gasteiger charge is -2.37. The lowest BCUT2D eigenvalue weighted by molar-refractivity contribution is -0.253. The molecule has 182 valence electrons. The minimum Gasteiger partial charge on any atom is -0.462 e. The lowest BCUT2D eigenvalue weighted by Crippen LogP contribution is -2.48. The fourth-order valence-corrected chi connectivity index (χ4v) is 5.65. The monoisotopic (exact) mass is 455 g/mol. The number of nitrogens with zero attached hydrogens (tertiary/aromatic N) is 1. The van der Waals surface area contributed by atoms with Gasteiger partial charge in [0, 0.05) is 44.3 Å². The highest BCUT2D eigenvalue weighted by Gasteiger charge is 2.61. The number of aliphatic hydroxyl groups is 2. The third-order valence-corrected chi connectivity index (χ3v) is 7.75. The van der Waals surface area contributed by atoms with Crippen molar-refractivity contribution < 1.29 is 38.7 Å². The molecule has 0 aromatic heterocycles. The van der Waals surface area contributed by atoms with Crippen LogP contribution in [0.4, 0.5) is 0 Å². The van der Waals surface area contributed by atoms with Crippen LogP contribution in [-0.2, 0) is 28.5 Å². The van der Waals surface area contributed by atoms with Crippen LogP contribution in [0.15, 0.2) is 0 Å². The van der Waals surface area contributed by atoms with Crippen LogP contribution in [0.3, 0.4) is 0 Å². The molecule has 0 aromatic carbocycles. The smallest absolute Gasteiger partial charge is 0.311 e. The lowest BCUT2D eigenvalue weighted by atomic mass is 9.75. The van der Waals surface area contributed by atoms with Gasteiger partial charge in [0.1, 0.15) is 12.2 Å². The van der Waals surface area contributed by atoms with Gasteiger partial charge in [-0.2, -0.15) is 0 Å². The van der Waals surface area contributed by atoms with Crippen LogP contribution in [0.25, 0.3) is 0 Å². The predicted molar refractivity (Wildman–Crippen MR) is 112 cm³/mol. The van der Waals surface area contributed by atoms with Gasteiger partial charge in [-0.3, -0.25) is 14.5 Å². The molecule has 4 rings (SSSR count). The second-order valence-corrected chi connectivity index (χ2v) is 10.5. The molecule has 9 nitrogen and oxygen atoms in total. The molecule has 2 N–H and O–H groups in total. The van der Waals surface area contributed by atoms with Gasteiger partial charge in [0.2, 0.25) is 0 Å². The summed E-state index contributed by atoms with van der Waals surface area (Å²) in [6.45, 7) is 10.3. The van der Waals surface area contributed by atoms with Crippen LogP contribution < -0.4 is 0 Å². The Morgan fingerprint density at radius 1 is 1.28 bits per heavy atom. The number of hydrogen-bond donors (Lipinski definition) is 2. The third kappa shape index (κ3) is 4.42. The van der Waals surface area contributed by atoms with Crippen molar-refractivity contribution in [2.45, 2.75) is 76.7 Å². The normalized spacial score (nSPS) is 45.0. The fraction of sp³-hybridized carbons (Fsp3) is 0.913. The van der Waals surface area contributed by atoms with Crippen molar-refractivity contribution in [3.05, 3.63) is 0 Å². The molecule has 2 bridgehead atoms. The first-order valence-electron chi connectivity index (χ1n) is 11.8. The van der Waals surface area contributed by atoms with Crippen molar-refractivity contribution in [3.63, 3.8) is 0 Å². The maximum atomic E-state index is 13.0. The van der Waals surface area contributed by atoms with Crippen LogP contribution in [0, 0.1) is 23.7 Å². The number of hydrogen-bond acceptors (Lipinski definition) is 9. The number of carbonyl (C=O) groups excluding carboxylic acids is 2. The summed E-state index contributed by atoms with van der Waals surface area (Å²) in [5.41, 5.74) is -1.10. The Hall–Kier alpha value is -1.26. The summed E-state index contributed by atoms with van der Waals surface area (Å²) in [6.07, 6.45) is -1.48. The van der Waals surface area contributed by atoms with E-state index in [1.807, 2.05) is 6.92 Å². The zero-order chi connectivity index (χ0) is 23.3. The first-order chi connectivity index (χ1) is 15.0. The second kappa shape index (κ2) is 8.83. The van der Waals surface area contributed by atoms with Gasteiger partial charge in [-0.25, -0.2) is 0 Å². The molecule has 4 saturated heterocycles. The summed E-state index contributed by atoms with van der Waals surface area (Å²) in [6, 6.07) is 0. The van der Waals surface area contributed by atoms with E-state index in [1.54, 1.807) is 20.8 Å². The van der Waals surface area contributed by atoms with Gasteiger partial charge in [-0.15, -0.1) is 0 Å². The summed E-state index contributed by atoms with van der Waals surface area (Å²) >= 11 is 0. The first kappa shape index (κ1) is 23.9. The largest absolute Gasteiger partial charge is 0.462 e.